The molecule has 2 aromatic rings. The van der Waals surface area contributed by atoms with Gasteiger partial charge < -0.3 is 5.11 Å². The average Bonchev–Trinajstić information content (AvgIpc) is 2.53. The van der Waals surface area contributed by atoms with E-state index in [9.17, 15) is 5.11 Å². The molecule has 2 aromatic carbocycles. The Morgan fingerprint density at radius 2 is 1.79 bits per heavy atom. The molecule has 0 fully saturated rings. The molecule has 0 bridgehead atoms. The van der Waals surface area contributed by atoms with Crippen LogP contribution in [0.3, 0.4) is 0 Å². The molecule has 0 unspecified atom stereocenters. The zero-order valence-electron chi connectivity index (χ0n) is 15.1. The minimum Gasteiger partial charge on any atom is -0.508 e. The summed E-state index contributed by atoms with van der Waals surface area (Å²) in [7, 11) is 0. The zero-order valence-corrected chi connectivity index (χ0v) is 15.1. The van der Waals surface area contributed by atoms with Crippen molar-refractivity contribution in [1.29, 1.82) is 5.26 Å². The summed E-state index contributed by atoms with van der Waals surface area (Å²) >= 11 is 0. The Bertz CT molecular complexity index is 738. The lowest BCUT2D eigenvalue weighted by molar-refractivity contribution is 0.465. The van der Waals surface area contributed by atoms with Crippen molar-refractivity contribution in [3.8, 4) is 22.9 Å². The van der Waals surface area contributed by atoms with Crippen LogP contribution in [-0.2, 0) is 12.8 Å². The normalized spacial score (nSPS) is 11.0. The summed E-state index contributed by atoms with van der Waals surface area (Å²) in [4.78, 5) is 0. The smallest absolute Gasteiger partial charge is 0.119 e. The highest BCUT2D eigenvalue weighted by Crippen LogP contribution is 2.33. The molecule has 0 spiro atoms. The molecule has 0 heterocycles. The lowest BCUT2D eigenvalue weighted by atomic mass is 9.89. The molecule has 24 heavy (non-hydrogen) atoms. The lowest BCUT2D eigenvalue weighted by Crippen LogP contribution is -1.99. The molecule has 2 heteroatoms. The van der Waals surface area contributed by atoms with Crippen LogP contribution in [0.4, 0.5) is 0 Å². The quantitative estimate of drug-likeness (QED) is 0.726. The summed E-state index contributed by atoms with van der Waals surface area (Å²) in [6.07, 6.45) is 2.36. The van der Waals surface area contributed by atoms with Crippen LogP contribution in [0.1, 0.15) is 56.7 Å². The Kier molecular flexibility index (Phi) is 6.04. The second-order valence-corrected chi connectivity index (χ2v) is 7.18. The first kappa shape index (κ1) is 18.1. The van der Waals surface area contributed by atoms with Crippen molar-refractivity contribution in [2.75, 3.05) is 0 Å². The first-order chi connectivity index (χ1) is 11.4. The number of phenols is 1. The van der Waals surface area contributed by atoms with E-state index >= 15 is 0 Å². The van der Waals surface area contributed by atoms with Crippen LogP contribution in [0.15, 0.2) is 36.4 Å². The minimum absolute atomic E-state index is 0.286. The number of nitrogens with zero attached hydrogens (tertiary/aromatic N) is 1. The summed E-state index contributed by atoms with van der Waals surface area (Å²) in [6.45, 7) is 8.64. The molecule has 0 radical (unpaired) electrons. The van der Waals surface area contributed by atoms with Crippen LogP contribution in [-0.4, -0.2) is 5.11 Å². The van der Waals surface area contributed by atoms with Crippen molar-refractivity contribution in [3.05, 3.63) is 53.1 Å². The molecule has 126 valence electrons. The number of phenolic OH excluding ortho intramolecular Hbond substituents is 1. The van der Waals surface area contributed by atoms with Crippen LogP contribution in [0.5, 0.6) is 5.75 Å². The summed E-state index contributed by atoms with van der Waals surface area (Å²) < 4.78 is 0. The summed E-state index contributed by atoms with van der Waals surface area (Å²) in [5.74, 6) is 1.22. The summed E-state index contributed by atoms with van der Waals surface area (Å²) in [5.41, 5.74) is 5.90. The highest BCUT2D eigenvalue weighted by molar-refractivity contribution is 5.70. The molecule has 0 aliphatic heterocycles. The zero-order chi connectivity index (χ0) is 17.7. The Morgan fingerprint density at radius 3 is 2.42 bits per heavy atom. The Hall–Kier alpha value is -2.27. The number of hydrogen-bond donors (Lipinski definition) is 1. The van der Waals surface area contributed by atoms with E-state index in [-0.39, 0.29) is 5.92 Å². The van der Waals surface area contributed by atoms with Crippen molar-refractivity contribution in [1.82, 2.24) is 0 Å². The number of benzene rings is 2. The van der Waals surface area contributed by atoms with E-state index in [1.54, 1.807) is 6.07 Å². The fourth-order valence-corrected chi connectivity index (χ4v) is 3.08. The highest BCUT2D eigenvalue weighted by Gasteiger charge is 2.12. The van der Waals surface area contributed by atoms with Gasteiger partial charge >= 0.3 is 0 Å². The van der Waals surface area contributed by atoms with Crippen molar-refractivity contribution < 1.29 is 5.11 Å². The van der Waals surface area contributed by atoms with Crippen LogP contribution < -0.4 is 0 Å². The first-order valence-corrected chi connectivity index (χ1v) is 8.74. The van der Waals surface area contributed by atoms with Crippen molar-refractivity contribution >= 4 is 0 Å². The maximum atomic E-state index is 10.1. The minimum atomic E-state index is 0.286. The number of hydrogen-bond acceptors (Lipinski definition) is 2. The Morgan fingerprint density at radius 1 is 1.04 bits per heavy atom. The molecule has 0 aromatic heterocycles. The second kappa shape index (κ2) is 8.02. The monoisotopic (exact) mass is 321 g/mol. The molecule has 2 rings (SSSR count). The molecule has 0 saturated carbocycles. The van der Waals surface area contributed by atoms with Crippen molar-refractivity contribution in [2.24, 2.45) is 5.92 Å². The van der Waals surface area contributed by atoms with Gasteiger partial charge in [0.25, 0.3) is 0 Å². The lowest BCUT2D eigenvalue weighted by Gasteiger charge is -2.16. The van der Waals surface area contributed by atoms with Crippen LogP contribution in [0.2, 0.25) is 0 Å². The molecule has 0 aliphatic rings. The predicted molar refractivity (Wildman–Crippen MR) is 100 cm³/mol. The number of nitriles is 1. The van der Waals surface area contributed by atoms with E-state index in [2.05, 4.69) is 58.0 Å². The summed E-state index contributed by atoms with van der Waals surface area (Å²) in [6, 6.07) is 14.7. The number of rotatable bonds is 6. The topological polar surface area (TPSA) is 44.0 Å². The van der Waals surface area contributed by atoms with E-state index in [0.29, 0.717) is 18.1 Å². The molecule has 1 N–H and O–H groups in total. The number of aryl methyl sites for hydroxylation is 1. The van der Waals surface area contributed by atoms with Gasteiger partial charge in [-0.3, -0.25) is 0 Å². The highest BCUT2D eigenvalue weighted by atomic mass is 16.3. The van der Waals surface area contributed by atoms with Crippen LogP contribution >= 0.6 is 0 Å². The molecule has 2 nitrogen and oxygen atoms in total. The molecule has 0 atom stereocenters. The average molecular weight is 321 g/mol. The fourth-order valence-electron chi connectivity index (χ4n) is 3.08. The van der Waals surface area contributed by atoms with Gasteiger partial charge in [0.15, 0.2) is 0 Å². The maximum Gasteiger partial charge on any atom is 0.119 e. The summed E-state index contributed by atoms with van der Waals surface area (Å²) in [5, 5.41) is 18.9. The van der Waals surface area contributed by atoms with E-state index in [1.165, 1.54) is 16.7 Å². The van der Waals surface area contributed by atoms with Gasteiger partial charge in [0.2, 0.25) is 0 Å². The van der Waals surface area contributed by atoms with E-state index < -0.39 is 0 Å². The predicted octanol–water partition coefficient (Wildman–Crippen LogP) is 5.84. The standard InChI is InChI=1S/C22H27NO/c1-15(2)12-19-13-17(6-5-11-23)7-9-20(19)18-8-10-22(24)21(14-18)16(3)4/h7-10,13-16,24H,5-6,12H2,1-4H3. The van der Waals surface area contributed by atoms with Gasteiger partial charge in [-0.2, -0.15) is 5.26 Å². The first-order valence-electron chi connectivity index (χ1n) is 8.74. The molecule has 0 amide bonds. The van der Waals surface area contributed by atoms with Crippen LogP contribution in [0.25, 0.3) is 11.1 Å². The van der Waals surface area contributed by atoms with Gasteiger partial charge in [-0.1, -0.05) is 52.0 Å². The Balaban J connectivity index is 2.48. The third-order valence-electron chi connectivity index (χ3n) is 4.28. The SMILES string of the molecule is CC(C)Cc1cc(CCC#N)ccc1-c1ccc(O)c(C(C)C)c1. The maximum absolute atomic E-state index is 10.1. The Labute approximate surface area is 145 Å². The van der Waals surface area contributed by atoms with E-state index in [0.717, 1.165) is 24.0 Å². The van der Waals surface area contributed by atoms with E-state index in [1.807, 2.05) is 6.07 Å². The third-order valence-corrected chi connectivity index (χ3v) is 4.28. The molecular formula is C22H27NO. The van der Waals surface area contributed by atoms with Gasteiger partial charge in [0, 0.05) is 6.42 Å². The van der Waals surface area contributed by atoms with Gasteiger partial charge in [-0.15, -0.1) is 0 Å². The van der Waals surface area contributed by atoms with Gasteiger partial charge in [-0.25, -0.2) is 0 Å². The largest absolute Gasteiger partial charge is 0.508 e. The van der Waals surface area contributed by atoms with Gasteiger partial charge in [0.05, 0.1) is 6.07 Å². The fraction of sp³-hybridized carbons (Fsp3) is 0.409. The van der Waals surface area contributed by atoms with Gasteiger partial charge in [-0.05, 0) is 64.6 Å². The van der Waals surface area contributed by atoms with Crippen LogP contribution in [0, 0.1) is 17.2 Å². The number of aromatic hydroxyl groups is 1. The van der Waals surface area contributed by atoms with Gasteiger partial charge in [0.1, 0.15) is 5.75 Å². The molecule has 0 saturated heterocycles. The second-order valence-electron chi connectivity index (χ2n) is 7.18. The molecular weight excluding hydrogens is 294 g/mol. The van der Waals surface area contributed by atoms with E-state index in [4.69, 9.17) is 5.26 Å². The van der Waals surface area contributed by atoms with Crippen molar-refractivity contribution in [2.45, 2.75) is 52.9 Å². The van der Waals surface area contributed by atoms with Crippen molar-refractivity contribution in [3.63, 3.8) is 0 Å². The molecule has 0 aliphatic carbocycles. The third kappa shape index (κ3) is 4.38.